The van der Waals surface area contributed by atoms with Crippen LogP contribution in [0.25, 0.3) is 0 Å². The number of anilines is 1. The van der Waals surface area contributed by atoms with E-state index in [-0.39, 0.29) is 16.6 Å². The molecule has 0 bridgehead atoms. The van der Waals surface area contributed by atoms with Crippen molar-refractivity contribution in [1.82, 2.24) is 15.1 Å². The van der Waals surface area contributed by atoms with Crippen molar-refractivity contribution in [3.8, 4) is 0 Å². The van der Waals surface area contributed by atoms with Gasteiger partial charge in [0, 0.05) is 13.2 Å². The number of rotatable bonds is 4. The fourth-order valence-electron chi connectivity index (χ4n) is 3.10. The predicted octanol–water partition coefficient (Wildman–Crippen LogP) is 1.66. The molecule has 0 aromatic carbocycles. The first kappa shape index (κ1) is 15.8. The lowest BCUT2D eigenvalue weighted by molar-refractivity contribution is 0.0595. The van der Waals surface area contributed by atoms with E-state index in [1.807, 2.05) is 0 Å². The summed E-state index contributed by atoms with van der Waals surface area (Å²) in [5, 5.41) is 11.1. The first-order chi connectivity index (χ1) is 10.8. The van der Waals surface area contributed by atoms with Gasteiger partial charge in [0.15, 0.2) is 0 Å². The predicted molar refractivity (Wildman–Crippen MR) is 86.7 cm³/mol. The molecular formula is C15H23ClN4O2. The van der Waals surface area contributed by atoms with Crippen LogP contribution in [0.2, 0.25) is 5.02 Å². The monoisotopic (exact) mass is 326 g/mol. The van der Waals surface area contributed by atoms with E-state index in [1.165, 1.54) is 4.68 Å². The molecule has 0 saturated carbocycles. The van der Waals surface area contributed by atoms with Gasteiger partial charge in [-0.2, -0.15) is 5.10 Å². The standard InChI is InChI=1S/C15H23ClN4O2/c16-14-13(18-8-11-2-1-7-22-10-11)9-19-20(15(14)21)12-3-5-17-6-4-12/h9,11-12,17-18H,1-8,10H2/t11-/m1/s1. The summed E-state index contributed by atoms with van der Waals surface area (Å²) in [6, 6.07) is 0.145. The lowest BCUT2D eigenvalue weighted by atomic mass is 10.0. The highest BCUT2D eigenvalue weighted by Gasteiger charge is 2.20. The van der Waals surface area contributed by atoms with E-state index < -0.39 is 0 Å². The van der Waals surface area contributed by atoms with Crippen molar-refractivity contribution < 1.29 is 4.74 Å². The molecular weight excluding hydrogens is 304 g/mol. The molecule has 2 N–H and O–H groups in total. The third kappa shape index (κ3) is 3.62. The molecule has 0 amide bonds. The minimum Gasteiger partial charge on any atom is -0.382 e. The number of nitrogens with zero attached hydrogens (tertiary/aromatic N) is 2. The van der Waals surface area contributed by atoms with Gasteiger partial charge in [0.25, 0.3) is 5.56 Å². The van der Waals surface area contributed by atoms with Gasteiger partial charge in [0.05, 0.1) is 24.5 Å². The SMILES string of the molecule is O=c1c(Cl)c(NC[C@H]2CCCOC2)cnn1C1CCNCC1. The molecule has 2 aliphatic heterocycles. The largest absolute Gasteiger partial charge is 0.382 e. The van der Waals surface area contributed by atoms with Crippen molar-refractivity contribution in [1.29, 1.82) is 0 Å². The second-order valence-electron chi connectivity index (χ2n) is 6.07. The number of hydrogen-bond acceptors (Lipinski definition) is 5. The summed E-state index contributed by atoms with van der Waals surface area (Å²) in [5.74, 6) is 0.469. The zero-order chi connectivity index (χ0) is 15.4. The van der Waals surface area contributed by atoms with Crippen LogP contribution < -0.4 is 16.2 Å². The van der Waals surface area contributed by atoms with Crippen LogP contribution in [0.1, 0.15) is 31.7 Å². The van der Waals surface area contributed by atoms with Crippen molar-refractivity contribution >= 4 is 17.3 Å². The van der Waals surface area contributed by atoms with Crippen molar-refractivity contribution in [2.24, 2.45) is 5.92 Å². The van der Waals surface area contributed by atoms with E-state index in [1.54, 1.807) is 6.20 Å². The van der Waals surface area contributed by atoms with Gasteiger partial charge >= 0.3 is 0 Å². The van der Waals surface area contributed by atoms with E-state index in [0.717, 1.165) is 58.5 Å². The van der Waals surface area contributed by atoms with Gasteiger partial charge in [-0.25, -0.2) is 4.68 Å². The molecule has 0 radical (unpaired) electrons. The molecule has 6 nitrogen and oxygen atoms in total. The lowest BCUT2D eigenvalue weighted by Crippen LogP contribution is -2.36. The Morgan fingerprint density at radius 2 is 2.23 bits per heavy atom. The molecule has 0 unspecified atom stereocenters. The van der Waals surface area contributed by atoms with Crippen LogP contribution in [0.5, 0.6) is 0 Å². The Kier molecular flexibility index (Phi) is 5.33. The number of nitrogens with one attached hydrogen (secondary N) is 2. The second kappa shape index (κ2) is 7.44. The Morgan fingerprint density at radius 1 is 1.41 bits per heavy atom. The van der Waals surface area contributed by atoms with Crippen LogP contribution in [0.3, 0.4) is 0 Å². The Hall–Kier alpha value is -1.11. The molecule has 2 aliphatic rings. The van der Waals surface area contributed by atoms with Gasteiger partial charge in [-0.3, -0.25) is 4.79 Å². The lowest BCUT2D eigenvalue weighted by Gasteiger charge is -2.25. The minimum atomic E-state index is -0.196. The van der Waals surface area contributed by atoms with Crippen LogP contribution in [-0.4, -0.2) is 42.6 Å². The van der Waals surface area contributed by atoms with Gasteiger partial charge in [0.1, 0.15) is 5.02 Å². The number of piperidine rings is 1. The normalized spacial score (nSPS) is 23.4. The van der Waals surface area contributed by atoms with Crippen LogP contribution in [0.15, 0.2) is 11.0 Å². The summed E-state index contributed by atoms with van der Waals surface area (Å²) in [6.07, 6.45) is 5.74. The molecule has 1 atom stereocenters. The maximum Gasteiger partial charge on any atom is 0.287 e. The molecule has 3 rings (SSSR count). The summed E-state index contributed by atoms with van der Waals surface area (Å²) < 4.78 is 7.00. The summed E-state index contributed by atoms with van der Waals surface area (Å²) >= 11 is 6.25. The van der Waals surface area contributed by atoms with E-state index in [4.69, 9.17) is 16.3 Å². The van der Waals surface area contributed by atoms with Crippen molar-refractivity contribution in [3.05, 3.63) is 21.6 Å². The fourth-order valence-corrected chi connectivity index (χ4v) is 3.30. The molecule has 2 saturated heterocycles. The third-order valence-electron chi connectivity index (χ3n) is 4.43. The minimum absolute atomic E-state index is 0.145. The zero-order valence-corrected chi connectivity index (χ0v) is 13.4. The summed E-state index contributed by atoms with van der Waals surface area (Å²) in [4.78, 5) is 12.4. The number of halogens is 1. The molecule has 0 spiro atoms. The summed E-state index contributed by atoms with van der Waals surface area (Å²) in [6.45, 7) is 4.21. The van der Waals surface area contributed by atoms with Crippen LogP contribution in [0, 0.1) is 5.92 Å². The quantitative estimate of drug-likeness (QED) is 0.880. The van der Waals surface area contributed by atoms with Gasteiger partial charge in [0.2, 0.25) is 0 Å². The maximum absolute atomic E-state index is 12.4. The Balaban J connectivity index is 1.67. The van der Waals surface area contributed by atoms with Gasteiger partial charge in [-0.15, -0.1) is 0 Å². The molecule has 7 heteroatoms. The molecule has 1 aromatic heterocycles. The Bertz CT molecular complexity index is 551. The first-order valence-electron chi connectivity index (χ1n) is 8.05. The highest BCUT2D eigenvalue weighted by atomic mass is 35.5. The first-order valence-corrected chi connectivity index (χ1v) is 8.43. The molecule has 0 aliphatic carbocycles. The van der Waals surface area contributed by atoms with Gasteiger partial charge in [-0.05, 0) is 44.7 Å². The Morgan fingerprint density at radius 3 is 2.95 bits per heavy atom. The molecule has 2 fully saturated rings. The van der Waals surface area contributed by atoms with E-state index >= 15 is 0 Å². The molecule has 1 aromatic rings. The number of aromatic nitrogens is 2. The summed E-state index contributed by atoms with van der Waals surface area (Å²) in [5.41, 5.74) is 0.431. The topological polar surface area (TPSA) is 68.2 Å². The van der Waals surface area contributed by atoms with E-state index in [0.29, 0.717) is 11.6 Å². The van der Waals surface area contributed by atoms with Crippen molar-refractivity contribution in [3.63, 3.8) is 0 Å². The summed E-state index contributed by atoms with van der Waals surface area (Å²) in [7, 11) is 0. The van der Waals surface area contributed by atoms with Crippen LogP contribution in [-0.2, 0) is 4.74 Å². The highest BCUT2D eigenvalue weighted by Crippen LogP contribution is 2.21. The fraction of sp³-hybridized carbons (Fsp3) is 0.733. The van der Waals surface area contributed by atoms with Crippen molar-refractivity contribution in [2.45, 2.75) is 31.7 Å². The average molecular weight is 327 g/mol. The number of hydrogen-bond donors (Lipinski definition) is 2. The van der Waals surface area contributed by atoms with E-state index in [9.17, 15) is 4.79 Å². The number of ether oxygens (including phenoxy) is 1. The average Bonchev–Trinajstić information content (AvgIpc) is 2.58. The Labute approximate surface area is 135 Å². The third-order valence-corrected chi connectivity index (χ3v) is 4.80. The molecule has 22 heavy (non-hydrogen) atoms. The van der Waals surface area contributed by atoms with Gasteiger partial charge < -0.3 is 15.4 Å². The maximum atomic E-state index is 12.4. The smallest absolute Gasteiger partial charge is 0.287 e. The van der Waals surface area contributed by atoms with Crippen LogP contribution >= 0.6 is 11.6 Å². The van der Waals surface area contributed by atoms with Gasteiger partial charge in [-0.1, -0.05) is 11.6 Å². The molecule has 3 heterocycles. The van der Waals surface area contributed by atoms with Crippen LogP contribution in [0.4, 0.5) is 5.69 Å². The van der Waals surface area contributed by atoms with E-state index in [2.05, 4.69) is 15.7 Å². The molecule has 122 valence electrons. The highest BCUT2D eigenvalue weighted by molar-refractivity contribution is 6.32. The zero-order valence-electron chi connectivity index (χ0n) is 12.7. The van der Waals surface area contributed by atoms with Crippen molar-refractivity contribution in [2.75, 3.05) is 38.2 Å². The second-order valence-corrected chi connectivity index (χ2v) is 6.45.